The molecule has 4 aliphatic carbocycles. The van der Waals surface area contributed by atoms with Crippen molar-refractivity contribution >= 4 is 0 Å². The van der Waals surface area contributed by atoms with Crippen molar-refractivity contribution in [2.24, 2.45) is 0 Å². The second-order valence-electron chi connectivity index (χ2n) is 20.1. The monoisotopic (exact) mass is 884 g/mol. The zero-order chi connectivity index (χ0) is 46.1. The first-order valence-corrected chi connectivity index (χ1v) is 24.4. The van der Waals surface area contributed by atoms with Crippen LogP contribution in [0.2, 0.25) is 0 Å². The van der Waals surface area contributed by atoms with E-state index in [2.05, 4.69) is 208 Å². The molecule has 0 unspecified atom stereocenters. The quantitative estimate of drug-likeness (QED) is 0.175. The number of hydrogen-bond donors (Lipinski definition) is 2. The highest BCUT2D eigenvalue weighted by Crippen LogP contribution is 2.54. The maximum absolute atomic E-state index is 13.0. The summed E-state index contributed by atoms with van der Waals surface area (Å²) in [5.41, 5.74) is 29.3. The molecular weight excluding hydrogens is 837 g/mol. The van der Waals surface area contributed by atoms with E-state index in [-0.39, 0.29) is 0 Å². The molecule has 2 N–H and O–H groups in total. The molecule has 10 aromatic carbocycles. The van der Waals surface area contributed by atoms with E-state index in [1.807, 2.05) is 0 Å². The average molecular weight is 885 g/mol. The molecule has 0 aromatic heterocycles. The van der Waals surface area contributed by atoms with Crippen molar-refractivity contribution in [3.05, 3.63) is 250 Å². The van der Waals surface area contributed by atoms with E-state index in [4.69, 9.17) is 0 Å². The highest BCUT2D eigenvalue weighted by Gasteiger charge is 2.34. The second-order valence-corrected chi connectivity index (χ2v) is 20.1. The molecule has 0 bridgehead atoms. The molecular formula is C67H48O2. The molecule has 10 aromatic rings. The molecule has 0 aliphatic heterocycles. The normalized spacial score (nSPS) is 13.2. The summed E-state index contributed by atoms with van der Waals surface area (Å²) in [6.07, 6.45) is 3.23. The Labute approximate surface area is 403 Å². The molecule has 0 atom stereocenters. The van der Waals surface area contributed by atoms with E-state index in [1.165, 1.54) is 89.0 Å². The molecule has 0 spiro atoms. The number of benzene rings is 10. The predicted molar refractivity (Wildman–Crippen MR) is 283 cm³/mol. The van der Waals surface area contributed by atoms with Crippen LogP contribution in [0.3, 0.4) is 0 Å². The van der Waals surface area contributed by atoms with E-state index >= 15 is 0 Å². The summed E-state index contributed by atoms with van der Waals surface area (Å²) in [5.74, 6) is 0.600. The molecule has 69 heavy (non-hydrogen) atoms. The molecule has 0 radical (unpaired) electrons. The standard InChI is InChI=1S/C67H48O2/c1-67(2,43-35-61(53-27-11-23-49-45-19-7-3-15-39(45)31-57(49)53)65(68)62(36-43)54-28-12-24-50-46-20-8-4-16-40(46)32-58(50)54)44-37-63(55-29-13-25-51-47-21-9-5-17-41(47)33-59(51)55)66(69)64(38-44)56-30-14-26-52-48-22-10-6-18-42(48)34-60(52)56/h3-30,35-38,68-69H,31-34H2,1-2H3. The van der Waals surface area contributed by atoms with Gasteiger partial charge in [-0.3, -0.25) is 0 Å². The Morgan fingerprint density at radius 3 is 0.710 bits per heavy atom. The first-order valence-electron chi connectivity index (χ1n) is 24.4. The minimum atomic E-state index is -0.613. The van der Waals surface area contributed by atoms with Crippen LogP contribution in [0.1, 0.15) is 69.5 Å². The Morgan fingerprint density at radius 1 is 0.261 bits per heavy atom. The summed E-state index contributed by atoms with van der Waals surface area (Å²) >= 11 is 0. The number of hydrogen-bond acceptors (Lipinski definition) is 2. The van der Waals surface area contributed by atoms with Crippen LogP contribution in [-0.4, -0.2) is 10.2 Å². The van der Waals surface area contributed by atoms with Gasteiger partial charge in [-0.15, -0.1) is 0 Å². The van der Waals surface area contributed by atoms with Gasteiger partial charge in [0.15, 0.2) is 0 Å². The smallest absolute Gasteiger partial charge is 0.131 e. The van der Waals surface area contributed by atoms with Crippen molar-refractivity contribution in [2.75, 3.05) is 0 Å². The molecule has 0 saturated carbocycles. The second kappa shape index (κ2) is 14.9. The summed E-state index contributed by atoms with van der Waals surface area (Å²) in [6.45, 7) is 4.64. The summed E-state index contributed by atoms with van der Waals surface area (Å²) < 4.78 is 0. The van der Waals surface area contributed by atoms with Crippen LogP contribution in [0.15, 0.2) is 194 Å². The van der Waals surface area contributed by atoms with Crippen molar-refractivity contribution < 1.29 is 10.2 Å². The lowest BCUT2D eigenvalue weighted by molar-refractivity contribution is 0.478. The summed E-state index contributed by atoms with van der Waals surface area (Å²) in [6, 6.07) is 70.2. The van der Waals surface area contributed by atoms with E-state index in [0.717, 1.165) is 81.3 Å². The molecule has 14 rings (SSSR count). The van der Waals surface area contributed by atoms with Crippen molar-refractivity contribution in [3.8, 4) is 101 Å². The Morgan fingerprint density at radius 2 is 0.464 bits per heavy atom. The maximum atomic E-state index is 13.0. The van der Waals surface area contributed by atoms with Crippen molar-refractivity contribution in [2.45, 2.75) is 44.9 Å². The van der Waals surface area contributed by atoms with Crippen molar-refractivity contribution in [1.29, 1.82) is 0 Å². The molecule has 2 nitrogen and oxygen atoms in total. The fourth-order valence-electron chi connectivity index (χ4n) is 12.6. The molecule has 0 amide bonds. The Balaban J connectivity index is 1.01. The lowest BCUT2D eigenvalue weighted by Gasteiger charge is -2.30. The van der Waals surface area contributed by atoms with Gasteiger partial charge in [0.1, 0.15) is 11.5 Å². The minimum absolute atomic E-state index is 0.300. The van der Waals surface area contributed by atoms with Gasteiger partial charge in [-0.1, -0.05) is 184 Å². The van der Waals surface area contributed by atoms with Gasteiger partial charge in [0.2, 0.25) is 0 Å². The van der Waals surface area contributed by atoms with Crippen molar-refractivity contribution in [3.63, 3.8) is 0 Å². The topological polar surface area (TPSA) is 40.5 Å². The highest BCUT2D eigenvalue weighted by molar-refractivity contribution is 5.95. The van der Waals surface area contributed by atoms with Crippen molar-refractivity contribution in [1.82, 2.24) is 0 Å². The van der Waals surface area contributed by atoms with Gasteiger partial charge in [0.05, 0.1) is 0 Å². The minimum Gasteiger partial charge on any atom is -0.507 e. The van der Waals surface area contributed by atoms with Gasteiger partial charge in [-0.2, -0.15) is 0 Å². The molecule has 328 valence electrons. The first kappa shape index (κ1) is 39.9. The zero-order valence-corrected chi connectivity index (χ0v) is 38.7. The summed E-state index contributed by atoms with van der Waals surface area (Å²) in [7, 11) is 0. The molecule has 2 heteroatoms. The molecule has 4 aliphatic rings. The SMILES string of the molecule is CC(C)(c1cc(-c2cccc3c2Cc2ccccc2-3)c(O)c(-c2cccc3c2Cc2ccccc2-3)c1)c1cc(-c2cccc3c2Cc2ccccc2-3)c(O)c(-c2cccc3c2Cc2ccccc2-3)c1. The summed E-state index contributed by atoms with van der Waals surface area (Å²) in [5, 5.41) is 25.9. The maximum Gasteiger partial charge on any atom is 0.131 e. The van der Waals surface area contributed by atoms with E-state index in [0.29, 0.717) is 11.5 Å². The molecule has 0 saturated heterocycles. The van der Waals surface area contributed by atoms with Crippen LogP contribution in [0, 0.1) is 0 Å². The third-order valence-electron chi connectivity index (χ3n) is 16.2. The van der Waals surface area contributed by atoms with Crippen LogP contribution in [0.4, 0.5) is 0 Å². The van der Waals surface area contributed by atoms with Crippen LogP contribution in [-0.2, 0) is 31.1 Å². The number of rotatable bonds is 6. The zero-order valence-electron chi connectivity index (χ0n) is 38.7. The van der Waals surface area contributed by atoms with Crippen LogP contribution >= 0.6 is 0 Å². The Hall–Kier alpha value is -8.20. The van der Waals surface area contributed by atoms with Gasteiger partial charge in [0.25, 0.3) is 0 Å². The third-order valence-corrected chi connectivity index (χ3v) is 16.2. The number of phenols is 2. The lowest BCUT2D eigenvalue weighted by atomic mass is 9.73. The third kappa shape index (κ3) is 5.91. The highest BCUT2D eigenvalue weighted by atomic mass is 16.3. The van der Waals surface area contributed by atoms with Gasteiger partial charge in [-0.25, -0.2) is 0 Å². The fourth-order valence-corrected chi connectivity index (χ4v) is 12.6. The van der Waals surface area contributed by atoms with Gasteiger partial charge < -0.3 is 10.2 Å². The predicted octanol–water partition coefficient (Wildman–Crippen LogP) is 16.4. The fraction of sp³-hybridized carbons (Fsp3) is 0.104. The number of phenolic OH excluding ortho intramolecular Hbond substituents is 2. The van der Waals surface area contributed by atoms with Crippen LogP contribution in [0.25, 0.3) is 89.0 Å². The Kier molecular flexibility index (Phi) is 8.62. The lowest BCUT2D eigenvalue weighted by Crippen LogP contribution is -2.20. The van der Waals surface area contributed by atoms with Crippen LogP contribution in [0.5, 0.6) is 11.5 Å². The number of aromatic hydroxyl groups is 2. The van der Waals surface area contributed by atoms with E-state index in [1.54, 1.807) is 0 Å². The average Bonchev–Trinajstić information content (AvgIpc) is 4.17. The molecule has 0 heterocycles. The first-order chi connectivity index (χ1) is 33.8. The van der Waals surface area contributed by atoms with E-state index < -0.39 is 5.41 Å². The Bertz CT molecular complexity index is 3360. The van der Waals surface area contributed by atoms with Gasteiger partial charge in [0, 0.05) is 27.7 Å². The van der Waals surface area contributed by atoms with Gasteiger partial charge >= 0.3 is 0 Å². The van der Waals surface area contributed by atoms with E-state index in [9.17, 15) is 10.2 Å². The van der Waals surface area contributed by atoms with Crippen LogP contribution < -0.4 is 0 Å². The largest absolute Gasteiger partial charge is 0.507 e. The molecule has 0 fully saturated rings. The number of fused-ring (bicyclic) bond motifs is 12. The van der Waals surface area contributed by atoms with Gasteiger partial charge in [-0.05, 0) is 172 Å². The summed E-state index contributed by atoms with van der Waals surface area (Å²) in [4.78, 5) is 0.